The van der Waals surface area contributed by atoms with Crippen LogP contribution in [-0.2, 0) is 17.7 Å². The summed E-state index contributed by atoms with van der Waals surface area (Å²) in [5.41, 5.74) is 4.35. The highest BCUT2D eigenvalue weighted by molar-refractivity contribution is 5.89. The van der Waals surface area contributed by atoms with Crippen molar-refractivity contribution in [2.45, 2.75) is 19.9 Å². The molecule has 0 saturated carbocycles. The summed E-state index contributed by atoms with van der Waals surface area (Å²) < 4.78 is 4.74. The van der Waals surface area contributed by atoms with Crippen molar-refractivity contribution in [3.63, 3.8) is 0 Å². The Bertz CT molecular complexity index is 876. The molecule has 4 nitrogen and oxygen atoms in total. The van der Waals surface area contributed by atoms with Crippen LogP contribution in [0.2, 0.25) is 0 Å². The van der Waals surface area contributed by atoms with Crippen LogP contribution in [0.4, 0.5) is 5.82 Å². The summed E-state index contributed by atoms with van der Waals surface area (Å²) in [7, 11) is 1.37. The van der Waals surface area contributed by atoms with E-state index in [1.807, 2.05) is 12.1 Å². The van der Waals surface area contributed by atoms with E-state index >= 15 is 0 Å². The zero-order chi connectivity index (χ0) is 19.1. The van der Waals surface area contributed by atoms with Crippen molar-refractivity contribution < 1.29 is 9.53 Å². The van der Waals surface area contributed by atoms with E-state index in [-0.39, 0.29) is 5.97 Å². The van der Waals surface area contributed by atoms with E-state index in [0.29, 0.717) is 5.56 Å². The topological polar surface area (TPSA) is 42.4 Å². The average molecular weight is 360 g/mol. The first-order chi connectivity index (χ1) is 13.2. The quantitative estimate of drug-likeness (QED) is 0.583. The number of nitrogens with zero attached hydrogens (tertiary/aromatic N) is 2. The second kappa shape index (κ2) is 8.99. The van der Waals surface area contributed by atoms with Gasteiger partial charge in [0.15, 0.2) is 0 Å². The first-order valence-electron chi connectivity index (χ1n) is 9.11. The molecule has 0 spiro atoms. The molecule has 0 atom stereocenters. The number of hydrogen-bond donors (Lipinski definition) is 0. The van der Waals surface area contributed by atoms with E-state index in [1.54, 1.807) is 12.3 Å². The highest BCUT2D eigenvalue weighted by Gasteiger charge is 2.12. The standard InChI is InChI=1S/C23H24N2O2/c1-3-25(22-14-13-20(16-24-22)23(26)27-2)17-21-12-8-7-11-19(21)15-18-9-5-4-6-10-18/h4-14,16H,3,15,17H2,1-2H3. The summed E-state index contributed by atoms with van der Waals surface area (Å²) in [5, 5.41) is 0. The molecule has 138 valence electrons. The van der Waals surface area contributed by atoms with Crippen LogP contribution >= 0.6 is 0 Å². The Morgan fingerprint density at radius 3 is 2.30 bits per heavy atom. The second-order valence-electron chi connectivity index (χ2n) is 6.34. The average Bonchev–Trinajstić information content (AvgIpc) is 2.73. The molecule has 0 N–H and O–H groups in total. The Morgan fingerprint density at radius 2 is 1.67 bits per heavy atom. The van der Waals surface area contributed by atoms with Crippen molar-refractivity contribution in [1.29, 1.82) is 0 Å². The molecule has 3 aromatic rings. The van der Waals surface area contributed by atoms with Crippen molar-refractivity contribution >= 4 is 11.8 Å². The third-order valence-electron chi connectivity index (χ3n) is 4.59. The lowest BCUT2D eigenvalue weighted by atomic mass is 9.99. The van der Waals surface area contributed by atoms with Crippen molar-refractivity contribution in [1.82, 2.24) is 4.98 Å². The number of benzene rings is 2. The minimum atomic E-state index is -0.370. The molecular weight excluding hydrogens is 336 g/mol. The van der Waals surface area contributed by atoms with Crippen molar-refractivity contribution in [3.05, 3.63) is 95.2 Å². The van der Waals surface area contributed by atoms with Gasteiger partial charge in [-0.2, -0.15) is 0 Å². The molecule has 0 saturated heterocycles. The van der Waals surface area contributed by atoms with E-state index in [1.165, 1.54) is 23.8 Å². The normalized spacial score (nSPS) is 10.4. The van der Waals surface area contributed by atoms with Crippen LogP contribution in [0.3, 0.4) is 0 Å². The fraction of sp³-hybridized carbons (Fsp3) is 0.217. The lowest BCUT2D eigenvalue weighted by molar-refractivity contribution is 0.0600. The Kier molecular flexibility index (Phi) is 6.21. The SMILES string of the molecule is CCN(Cc1ccccc1Cc1ccccc1)c1ccc(C(=O)OC)cn1. The van der Waals surface area contributed by atoms with Crippen LogP contribution in [0.1, 0.15) is 34.0 Å². The van der Waals surface area contributed by atoms with Crippen LogP contribution in [0, 0.1) is 0 Å². The lowest BCUT2D eigenvalue weighted by Crippen LogP contribution is -2.24. The van der Waals surface area contributed by atoms with Gasteiger partial charge in [-0.25, -0.2) is 9.78 Å². The van der Waals surface area contributed by atoms with Gasteiger partial charge in [-0.15, -0.1) is 0 Å². The molecule has 1 heterocycles. The molecule has 0 unspecified atom stereocenters. The van der Waals surface area contributed by atoms with Gasteiger partial charge in [-0.1, -0.05) is 54.6 Å². The van der Waals surface area contributed by atoms with Crippen molar-refractivity contribution in [2.24, 2.45) is 0 Å². The molecule has 1 aromatic heterocycles. The Hall–Kier alpha value is -3.14. The molecule has 4 heteroatoms. The maximum Gasteiger partial charge on any atom is 0.339 e. The fourth-order valence-electron chi connectivity index (χ4n) is 3.07. The number of rotatable bonds is 7. The maximum atomic E-state index is 11.6. The third kappa shape index (κ3) is 4.73. The van der Waals surface area contributed by atoms with Gasteiger partial charge < -0.3 is 9.64 Å². The predicted octanol–water partition coefficient (Wildman–Crippen LogP) is 4.49. The molecule has 3 rings (SSSR count). The van der Waals surface area contributed by atoms with Gasteiger partial charge in [-0.3, -0.25) is 0 Å². The van der Waals surface area contributed by atoms with Crippen LogP contribution in [0.25, 0.3) is 0 Å². The summed E-state index contributed by atoms with van der Waals surface area (Å²) in [6.45, 7) is 3.70. The summed E-state index contributed by atoms with van der Waals surface area (Å²) >= 11 is 0. The Balaban J connectivity index is 1.79. The minimum Gasteiger partial charge on any atom is -0.465 e. The largest absolute Gasteiger partial charge is 0.465 e. The first kappa shape index (κ1) is 18.6. The van der Waals surface area contributed by atoms with Gasteiger partial charge in [0.25, 0.3) is 0 Å². The van der Waals surface area contributed by atoms with Crippen LogP contribution in [0.5, 0.6) is 0 Å². The maximum absolute atomic E-state index is 11.6. The number of carbonyl (C=O) groups excluding carboxylic acids is 1. The van der Waals surface area contributed by atoms with Gasteiger partial charge in [0, 0.05) is 19.3 Å². The summed E-state index contributed by atoms with van der Waals surface area (Å²) in [6.07, 6.45) is 2.48. The molecule has 0 aliphatic rings. The number of aromatic nitrogens is 1. The van der Waals surface area contributed by atoms with E-state index in [4.69, 9.17) is 4.74 Å². The van der Waals surface area contributed by atoms with E-state index in [2.05, 4.69) is 65.3 Å². The number of anilines is 1. The lowest BCUT2D eigenvalue weighted by Gasteiger charge is -2.23. The van der Waals surface area contributed by atoms with E-state index in [0.717, 1.165) is 25.3 Å². The molecule has 2 aromatic carbocycles. The first-order valence-corrected chi connectivity index (χ1v) is 9.11. The third-order valence-corrected chi connectivity index (χ3v) is 4.59. The predicted molar refractivity (Wildman–Crippen MR) is 108 cm³/mol. The summed E-state index contributed by atoms with van der Waals surface area (Å²) in [4.78, 5) is 18.3. The minimum absolute atomic E-state index is 0.370. The molecule has 0 aliphatic heterocycles. The fourth-order valence-corrected chi connectivity index (χ4v) is 3.07. The smallest absolute Gasteiger partial charge is 0.339 e. The van der Waals surface area contributed by atoms with Gasteiger partial charge in [0.2, 0.25) is 0 Å². The second-order valence-corrected chi connectivity index (χ2v) is 6.34. The Labute approximate surface area is 160 Å². The molecule has 0 bridgehead atoms. The number of methoxy groups -OCH3 is 1. The van der Waals surface area contributed by atoms with E-state index < -0.39 is 0 Å². The van der Waals surface area contributed by atoms with Crippen molar-refractivity contribution in [3.8, 4) is 0 Å². The number of pyridine rings is 1. The number of hydrogen-bond acceptors (Lipinski definition) is 4. The zero-order valence-electron chi connectivity index (χ0n) is 15.8. The van der Waals surface area contributed by atoms with Crippen molar-refractivity contribution in [2.75, 3.05) is 18.6 Å². The zero-order valence-corrected chi connectivity index (χ0v) is 15.8. The van der Waals surface area contributed by atoms with Crippen LogP contribution in [0.15, 0.2) is 72.9 Å². The highest BCUT2D eigenvalue weighted by atomic mass is 16.5. The monoisotopic (exact) mass is 360 g/mol. The molecule has 27 heavy (non-hydrogen) atoms. The van der Waals surface area contributed by atoms with Gasteiger partial charge in [0.05, 0.1) is 12.7 Å². The van der Waals surface area contributed by atoms with Gasteiger partial charge >= 0.3 is 5.97 Å². The van der Waals surface area contributed by atoms with Crippen LogP contribution < -0.4 is 4.90 Å². The number of carbonyl (C=O) groups is 1. The molecular formula is C23H24N2O2. The van der Waals surface area contributed by atoms with Gasteiger partial charge in [0.1, 0.15) is 5.82 Å². The Morgan fingerprint density at radius 1 is 0.963 bits per heavy atom. The highest BCUT2D eigenvalue weighted by Crippen LogP contribution is 2.20. The molecule has 0 fully saturated rings. The number of esters is 1. The summed E-state index contributed by atoms with van der Waals surface area (Å²) in [5.74, 6) is 0.477. The van der Waals surface area contributed by atoms with Gasteiger partial charge in [-0.05, 0) is 42.2 Å². The molecule has 0 aliphatic carbocycles. The number of ether oxygens (including phenoxy) is 1. The summed E-state index contributed by atoms with van der Waals surface area (Å²) in [6, 6.07) is 22.6. The molecule has 0 amide bonds. The van der Waals surface area contributed by atoms with Crippen LogP contribution in [-0.4, -0.2) is 24.6 Å². The van der Waals surface area contributed by atoms with E-state index in [9.17, 15) is 4.79 Å². The molecule has 0 radical (unpaired) electrons.